The maximum atomic E-state index is 12.9. The van der Waals surface area contributed by atoms with Crippen LogP contribution in [0.1, 0.15) is 316 Å². The lowest BCUT2D eigenvalue weighted by molar-refractivity contribution is -0.167. The minimum atomic E-state index is -0.806. The normalized spacial score (nSPS) is 12.2. The van der Waals surface area contributed by atoms with Crippen LogP contribution in [0.3, 0.4) is 0 Å². The van der Waals surface area contributed by atoms with Crippen LogP contribution in [0.25, 0.3) is 0 Å². The van der Waals surface area contributed by atoms with Gasteiger partial charge in [-0.2, -0.15) is 0 Å². The van der Waals surface area contributed by atoms with Crippen LogP contribution < -0.4 is 0 Å². The van der Waals surface area contributed by atoms with Gasteiger partial charge in [0.15, 0.2) is 6.10 Å². The summed E-state index contributed by atoms with van der Waals surface area (Å²) < 4.78 is 16.9. The highest BCUT2D eigenvalue weighted by Crippen LogP contribution is 2.16. The van der Waals surface area contributed by atoms with Crippen molar-refractivity contribution in [1.82, 2.24) is 0 Å². The minimum absolute atomic E-state index is 0.0973. The summed E-state index contributed by atoms with van der Waals surface area (Å²) in [7, 11) is 0. The number of hydrogen-bond acceptors (Lipinski definition) is 6. The molecule has 0 saturated carbocycles. The number of carbonyl (C=O) groups excluding carboxylic acids is 3. The molecule has 0 unspecified atom stereocenters. The summed E-state index contributed by atoms with van der Waals surface area (Å²) in [5.41, 5.74) is 0. The Hall–Kier alpha value is -3.15. The van der Waals surface area contributed by atoms with Gasteiger partial charge in [-0.3, -0.25) is 14.4 Å². The SMILES string of the molecule is CCCCC/C=C\C/C=C\C/C=C\C/C=C\CCCC(=O)OC(COC(=O)CCCCCCCCCCC/C=C\CCCCCCCC)COC(=O)CCCCCCCCCCC/C=C\CCCCCCCC. The summed E-state index contributed by atoms with van der Waals surface area (Å²) >= 11 is 0. The van der Waals surface area contributed by atoms with Crippen molar-refractivity contribution < 1.29 is 28.6 Å². The van der Waals surface area contributed by atoms with Crippen LogP contribution in [0.2, 0.25) is 0 Å². The number of allylic oxidation sites excluding steroid dienone is 12. The summed E-state index contributed by atoms with van der Waals surface area (Å²) in [5, 5.41) is 0. The summed E-state index contributed by atoms with van der Waals surface area (Å²) in [4.78, 5) is 38.3. The van der Waals surface area contributed by atoms with E-state index in [1.165, 1.54) is 205 Å². The van der Waals surface area contributed by atoms with E-state index >= 15 is 0 Å². The van der Waals surface area contributed by atoms with Crippen molar-refractivity contribution in [2.45, 2.75) is 322 Å². The van der Waals surface area contributed by atoms with E-state index in [1.807, 2.05) is 0 Å². The van der Waals surface area contributed by atoms with E-state index in [0.717, 1.165) is 64.2 Å². The maximum Gasteiger partial charge on any atom is 0.306 e. The van der Waals surface area contributed by atoms with Crippen molar-refractivity contribution in [3.8, 4) is 0 Å². The number of esters is 3. The quantitative estimate of drug-likeness (QED) is 0.0261. The van der Waals surface area contributed by atoms with E-state index < -0.39 is 6.10 Å². The summed E-state index contributed by atoms with van der Waals surface area (Å²) in [6.07, 6.45) is 79.0. The maximum absolute atomic E-state index is 12.9. The molecule has 0 radical (unpaired) electrons. The molecule has 0 fully saturated rings. The number of rotatable bonds is 57. The highest BCUT2D eigenvalue weighted by atomic mass is 16.6. The molecule has 6 nitrogen and oxygen atoms in total. The van der Waals surface area contributed by atoms with Crippen molar-refractivity contribution in [3.63, 3.8) is 0 Å². The molecule has 0 saturated heterocycles. The monoisotopic (exact) mass is 1020 g/mol. The van der Waals surface area contributed by atoms with Gasteiger partial charge in [0.05, 0.1) is 0 Å². The minimum Gasteiger partial charge on any atom is -0.462 e. The molecule has 0 aromatic heterocycles. The van der Waals surface area contributed by atoms with Crippen LogP contribution >= 0.6 is 0 Å². The molecule has 0 aliphatic carbocycles. The smallest absolute Gasteiger partial charge is 0.306 e. The van der Waals surface area contributed by atoms with Gasteiger partial charge in [0.2, 0.25) is 0 Å². The Balaban J connectivity index is 4.43. The predicted molar refractivity (Wildman–Crippen MR) is 316 cm³/mol. The lowest BCUT2D eigenvalue weighted by Crippen LogP contribution is -2.30. The molecule has 0 aromatic carbocycles. The molecular formula is C67H118O6. The number of hydrogen-bond donors (Lipinski definition) is 0. The second kappa shape index (κ2) is 61.4. The van der Waals surface area contributed by atoms with Gasteiger partial charge in [0, 0.05) is 19.3 Å². The Kier molecular flexibility index (Phi) is 58.7. The van der Waals surface area contributed by atoms with Crippen LogP contribution in [0, 0.1) is 0 Å². The summed E-state index contributed by atoms with van der Waals surface area (Å²) in [6, 6.07) is 0. The number of carbonyl (C=O) groups is 3. The number of unbranched alkanes of at least 4 members (excludes halogenated alkanes) is 34. The highest BCUT2D eigenvalue weighted by Gasteiger charge is 2.19. The molecular weight excluding hydrogens is 901 g/mol. The van der Waals surface area contributed by atoms with Crippen molar-refractivity contribution in [3.05, 3.63) is 72.9 Å². The Morgan fingerprint density at radius 2 is 0.507 bits per heavy atom. The topological polar surface area (TPSA) is 78.9 Å². The third kappa shape index (κ3) is 59.6. The molecule has 0 heterocycles. The first kappa shape index (κ1) is 69.8. The lowest BCUT2D eigenvalue weighted by atomic mass is 10.1. The molecule has 0 aromatic rings. The van der Waals surface area contributed by atoms with Gasteiger partial charge >= 0.3 is 17.9 Å². The molecule has 422 valence electrons. The Bertz CT molecular complexity index is 1290. The fraction of sp³-hybridized carbons (Fsp3) is 0.776. The van der Waals surface area contributed by atoms with Crippen molar-refractivity contribution in [2.75, 3.05) is 13.2 Å². The molecule has 0 bridgehead atoms. The molecule has 0 spiro atoms. The molecule has 0 atom stereocenters. The van der Waals surface area contributed by atoms with Gasteiger partial charge in [-0.25, -0.2) is 0 Å². The van der Waals surface area contributed by atoms with E-state index in [9.17, 15) is 14.4 Å². The highest BCUT2D eigenvalue weighted by molar-refractivity contribution is 5.71. The fourth-order valence-corrected chi connectivity index (χ4v) is 8.90. The zero-order chi connectivity index (χ0) is 52.9. The van der Waals surface area contributed by atoms with Gasteiger partial charge in [-0.1, -0.05) is 261 Å². The van der Waals surface area contributed by atoms with E-state index in [0.29, 0.717) is 19.3 Å². The molecule has 6 heteroatoms. The summed E-state index contributed by atoms with van der Waals surface area (Å²) in [5.74, 6) is -0.945. The number of ether oxygens (including phenoxy) is 3. The molecule has 0 rings (SSSR count). The average Bonchev–Trinajstić information content (AvgIpc) is 3.39. The molecule has 0 N–H and O–H groups in total. The van der Waals surface area contributed by atoms with Crippen LogP contribution in [-0.2, 0) is 28.6 Å². The molecule has 73 heavy (non-hydrogen) atoms. The van der Waals surface area contributed by atoms with Crippen molar-refractivity contribution >= 4 is 17.9 Å². The zero-order valence-corrected chi connectivity index (χ0v) is 48.4. The Morgan fingerprint density at radius 3 is 0.849 bits per heavy atom. The molecule has 0 aliphatic rings. The van der Waals surface area contributed by atoms with E-state index in [2.05, 4.69) is 93.7 Å². The van der Waals surface area contributed by atoms with Crippen LogP contribution in [0.15, 0.2) is 72.9 Å². The second-order valence-corrected chi connectivity index (χ2v) is 21.0. The van der Waals surface area contributed by atoms with E-state index in [1.54, 1.807) is 0 Å². The third-order valence-electron chi connectivity index (χ3n) is 13.7. The van der Waals surface area contributed by atoms with E-state index in [-0.39, 0.29) is 37.5 Å². The van der Waals surface area contributed by atoms with Crippen molar-refractivity contribution in [2.24, 2.45) is 0 Å². The Morgan fingerprint density at radius 1 is 0.274 bits per heavy atom. The van der Waals surface area contributed by atoms with Gasteiger partial charge in [-0.05, 0) is 109 Å². The first-order chi connectivity index (χ1) is 36.0. The third-order valence-corrected chi connectivity index (χ3v) is 13.7. The van der Waals surface area contributed by atoms with Crippen LogP contribution in [-0.4, -0.2) is 37.2 Å². The van der Waals surface area contributed by atoms with Gasteiger partial charge in [0.25, 0.3) is 0 Å². The predicted octanol–water partition coefficient (Wildman–Crippen LogP) is 21.3. The lowest BCUT2D eigenvalue weighted by Gasteiger charge is -2.18. The van der Waals surface area contributed by atoms with Crippen LogP contribution in [0.5, 0.6) is 0 Å². The summed E-state index contributed by atoms with van der Waals surface area (Å²) in [6.45, 7) is 6.59. The van der Waals surface area contributed by atoms with Crippen molar-refractivity contribution in [1.29, 1.82) is 0 Å². The first-order valence-corrected chi connectivity index (χ1v) is 31.4. The largest absolute Gasteiger partial charge is 0.462 e. The average molecular weight is 1020 g/mol. The first-order valence-electron chi connectivity index (χ1n) is 31.4. The second-order valence-electron chi connectivity index (χ2n) is 21.0. The van der Waals surface area contributed by atoms with Gasteiger partial charge in [0.1, 0.15) is 13.2 Å². The molecule has 0 aliphatic heterocycles. The molecule has 0 amide bonds. The Labute approximate surface area is 453 Å². The van der Waals surface area contributed by atoms with Crippen LogP contribution in [0.4, 0.5) is 0 Å². The fourth-order valence-electron chi connectivity index (χ4n) is 8.90. The zero-order valence-electron chi connectivity index (χ0n) is 48.4. The van der Waals surface area contributed by atoms with Gasteiger partial charge in [-0.15, -0.1) is 0 Å². The standard InChI is InChI=1S/C67H118O6/c1-4-7-10-13-16-19-22-25-28-31-33-36-38-41-44-47-50-53-56-59-65(68)71-62-64(73-67(70)61-58-55-52-49-46-43-40-35-30-27-24-21-18-15-12-9-6-3)63-72-66(69)60-57-54-51-48-45-42-39-37-34-32-29-26-23-20-17-14-11-8-5-2/h18,21,25-30,40,43,49,52,64H,4-17,19-20,22-24,31-39,41-42,44-48,50-51,53-63H2,1-3H3/b21-18-,28-25-,29-26-,30-27-,43-40-,52-49-. The van der Waals surface area contributed by atoms with E-state index in [4.69, 9.17) is 14.2 Å². The van der Waals surface area contributed by atoms with Gasteiger partial charge < -0.3 is 14.2 Å².